The number of ether oxygens (including phenoxy) is 8. The quantitative estimate of drug-likeness (QED) is 0.0511. The van der Waals surface area contributed by atoms with Gasteiger partial charge in [-0.3, -0.25) is 9.59 Å². The van der Waals surface area contributed by atoms with Crippen molar-refractivity contribution in [2.24, 2.45) is 101 Å². The van der Waals surface area contributed by atoms with Gasteiger partial charge < -0.3 is 57.6 Å². The summed E-state index contributed by atoms with van der Waals surface area (Å²) in [6.07, 6.45) is 22.6. The Morgan fingerprint density at radius 2 is 0.893 bits per heavy atom. The maximum atomic E-state index is 12.5. The molecule has 4 spiro atoms. The number of rotatable bonds is 18. The molecule has 28 atom stereocenters. The highest BCUT2D eigenvalue weighted by molar-refractivity contribution is 7.20. The molecule has 3 N–H and O–H groups in total. The lowest BCUT2D eigenvalue weighted by Crippen LogP contribution is -2.61. The minimum absolute atomic E-state index is 0.00319. The average molecular weight is 1500 g/mol. The maximum Gasteiger partial charge on any atom is 0.303 e. The standard InChI is InChI=1S/C43H74O7Si.C37H60O7.C6H15ClSi/c1-12-51(13-2,14-3)50-37-35-34(27(4)25-29(48-35)36(39(8,9)45)47-28(5)44)40(10)22-23-43-26-42(43)21-20-32(49-33-17-15-16-24-46-33)38(6,7)30(42)18-19-31(43)41(37,40)11;1-21-19-23(31(33(5,6)40)42-22(2)38)43-29-28(21)34(7)16-17-37-20-36(37)15-14-26(44-27-11-9-10-18-41-27)32(3,4)24(36)12-13-25(37)35(34,8)30(29)39;1-4-8(7,5-2)6-3/h27,29-37,45H,12-26H2,1-11H3;21,23-31,39-40H,9-20H2,1-8H3;4-6H2,1-3H3/t27-,29-,30+,31+,32?,33+,34+,35+,36+,37+,40-,41-,42?,43+;21-,23-,24+,25+,26?,27+,28+,29+,30+,31+,34-,35-,36?,37+;/m11./s1. The molecular formula is C86H149ClO14Si2. The van der Waals surface area contributed by atoms with Crippen LogP contribution in [0.2, 0.25) is 36.3 Å². The molecule has 10 saturated carbocycles. The molecule has 0 aromatic heterocycles. The summed E-state index contributed by atoms with van der Waals surface area (Å²) in [5, 5.41) is 34.8. The molecule has 0 radical (unpaired) electrons. The maximum absolute atomic E-state index is 12.5. The second kappa shape index (κ2) is 28.7. The van der Waals surface area contributed by atoms with E-state index in [0.717, 1.165) is 89.1 Å². The van der Waals surface area contributed by atoms with Gasteiger partial charge in [0.05, 0.1) is 60.0 Å². The Morgan fingerprint density at radius 3 is 1.26 bits per heavy atom. The van der Waals surface area contributed by atoms with E-state index in [9.17, 15) is 24.9 Å². The van der Waals surface area contributed by atoms with E-state index in [1.807, 2.05) is 0 Å². The number of fused-ring (bicyclic) bond motifs is 8. The summed E-state index contributed by atoms with van der Waals surface area (Å²) >= 11 is 6.23. The fourth-order valence-corrected chi connectivity index (χ4v) is 33.8. The molecule has 4 unspecified atom stereocenters. The van der Waals surface area contributed by atoms with Crippen molar-refractivity contribution in [2.75, 3.05) is 13.2 Å². The number of aliphatic hydroxyl groups excluding tert-OH is 1. The molecule has 4 saturated heterocycles. The summed E-state index contributed by atoms with van der Waals surface area (Å²) in [7, 11) is -3.25. The van der Waals surface area contributed by atoms with E-state index < -0.39 is 57.3 Å². The molecule has 0 aromatic rings. The second-order valence-electron chi connectivity index (χ2n) is 40.9. The van der Waals surface area contributed by atoms with Crippen molar-refractivity contribution in [3.05, 3.63) is 0 Å². The number of hydrogen-bond donors (Lipinski definition) is 3. The van der Waals surface area contributed by atoms with E-state index in [1.54, 1.807) is 27.7 Å². The predicted octanol–water partition coefficient (Wildman–Crippen LogP) is 19.1. The number of aliphatic hydroxyl groups is 3. The Hall–Kier alpha value is -0.736. The SMILES string of the molecule is CC(=O)O[C@@H]([C@H]1C[C@@H](C)[C@H]2[C@H](O1)[C@H](O)[C@@]1(C)[C@@H]3CC[C@H]4C(C)(C)C(O[C@H]5CCCCO5)CCC45C[C@@]35CC[C@]21C)C(C)(C)O.CC[Si](CC)(CC)O[C@H]1[C@H]2O[C@@H]([C@H](OC(C)=O)C(C)(C)O)C[C@@H](C)[C@@H]2[C@@]2(C)CC[C@@]34CC35CCC(O[C@H]3CCCCO3)C(C)(C)[C@@H]5CC[C@H]4[C@]12C.CC[Si](Cl)(CC)CC. The number of carbonyl (C=O) groups is 2. The lowest BCUT2D eigenvalue weighted by atomic mass is 9.41. The van der Waals surface area contributed by atoms with Crippen molar-refractivity contribution in [2.45, 2.75) is 415 Å². The van der Waals surface area contributed by atoms with E-state index in [-0.39, 0.29) is 105 Å². The molecule has 14 rings (SSSR count). The van der Waals surface area contributed by atoms with Gasteiger partial charge in [0.1, 0.15) is 0 Å². The van der Waals surface area contributed by atoms with Gasteiger partial charge in [0.15, 0.2) is 40.5 Å². The van der Waals surface area contributed by atoms with Gasteiger partial charge in [0, 0.05) is 37.9 Å². The van der Waals surface area contributed by atoms with E-state index in [2.05, 4.69) is 111 Å². The van der Waals surface area contributed by atoms with Crippen LogP contribution in [-0.4, -0.2) is 141 Å². The highest BCUT2D eigenvalue weighted by Crippen LogP contribution is 2.91. The van der Waals surface area contributed by atoms with Gasteiger partial charge in [0.25, 0.3) is 0 Å². The van der Waals surface area contributed by atoms with Crippen molar-refractivity contribution >= 4 is 38.7 Å². The molecule has 0 aromatic carbocycles. The minimum Gasteiger partial charge on any atom is -0.457 e. The fourth-order valence-electron chi connectivity index (χ4n) is 29.4. The van der Waals surface area contributed by atoms with Gasteiger partial charge in [-0.1, -0.05) is 111 Å². The molecular weight excluding hydrogens is 1350 g/mol. The zero-order valence-electron chi connectivity index (χ0n) is 69.0. The Balaban J connectivity index is 0.000000177. The number of halogens is 1. The Kier molecular flexibility index (Phi) is 22.8. The van der Waals surface area contributed by atoms with Crippen molar-refractivity contribution in [3.63, 3.8) is 0 Å². The van der Waals surface area contributed by atoms with Crippen LogP contribution in [-0.2, 0) is 51.9 Å². The summed E-state index contributed by atoms with van der Waals surface area (Å²) in [6, 6.07) is 7.01. The lowest BCUT2D eigenvalue weighted by Gasteiger charge is -2.64. The first-order valence-electron chi connectivity index (χ1n) is 42.8. The van der Waals surface area contributed by atoms with Crippen LogP contribution in [0.25, 0.3) is 0 Å². The molecule has 14 nitrogen and oxygen atoms in total. The fraction of sp³-hybridized carbons (Fsp3) is 0.977. The van der Waals surface area contributed by atoms with Crippen molar-refractivity contribution in [1.29, 1.82) is 0 Å². The molecule has 0 bridgehead atoms. The molecule has 14 aliphatic rings. The first kappa shape index (κ1) is 81.7. The summed E-state index contributed by atoms with van der Waals surface area (Å²) in [4.78, 5) is 24.4. The topological polar surface area (TPSA) is 178 Å². The van der Waals surface area contributed by atoms with Crippen molar-refractivity contribution < 1.29 is 67.2 Å². The summed E-state index contributed by atoms with van der Waals surface area (Å²) in [6.45, 7) is 50.0. The molecule has 4 aliphatic heterocycles. The van der Waals surface area contributed by atoms with Crippen LogP contribution < -0.4 is 0 Å². The van der Waals surface area contributed by atoms with Crippen molar-refractivity contribution in [3.8, 4) is 0 Å². The smallest absolute Gasteiger partial charge is 0.303 e. The zero-order valence-corrected chi connectivity index (χ0v) is 71.7. The normalized spacial score (nSPS) is 47.4. The zero-order chi connectivity index (χ0) is 75.3. The van der Waals surface area contributed by atoms with Gasteiger partial charge in [-0.25, -0.2) is 0 Å². The van der Waals surface area contributed by atoms with E-state index in [1.165, 1.54) is 109 Å². The molecule has 4 heterocycles. The molecule has 17 heteroatoms. The summed E-state index contributed by atoms with van der Waals surface area (Å²) < 4.78 is 59.4. The first-order valence-corrected chi connectivity index (χ1v) is 49.0. The van der Waals surface area contributed by atoms with Gasteiger partial charge >= 0.3 is 11.9 Å². The lowest BCUT2D eigenvalue weighted by molar-refractivity contribution is -0.242. The van der Waals surface area contributed by atoms with Gasteiger partial charge in [0.2, 0.25) is 0 Å². The predicted molar refractivity (Wildman–Crippen MR) is 412 cm³/mol. The van der Waals surface area contributed by atoms with Crippen LogP contribution in [0.1, 0.15) is 294 Å². The highest BCUT2D eigenvalue weighted by atomic mass is 35.6. The third-order valence-electron chi connectivity index (χ3n) is 35.3. The van der Waals surface area contributed by atoms with E-state index in [4.69, 9.17) is 53.4 Å². The van der Waals surface area contributed by atoms with Crippen LogP contribution in [0, 0.1) is 101 Å². The average Bonchev–Trinajstić information content (AvgIpc) is 1.46. The Bertz CT molecular complexity index is 2970. The minimum atomic E-state index is -2.05. The molecule has 10 aliphatic carbocycles. The first-order chi connectivity index (χ1) is 48.1. The second-order valence-corrected chi connectivity index (χ2v) is 52.4. The van der Waals surface area contributed by atoms with Crippen LogP contribution in [0.4, 0.5) is 0 Å². The van der Waals surface area contributed by atoms with Gasteiger partial charge in [-0.2, -0.15) is 11.1 Å². The number of carbonyl (C=O) groups excluding carboxylic acids is 2. The molecule has 0 amide bonds. The molecule has 103 heavy (non-hydrogen) atoms. The monoisotopic (exact) mass is 1500 g/mol. The van der Waals surface area contributed by atoms with Crippen LogP contribution in [0.15, 0.2) is 0 Å². The van der Waals surface area contributed by atoms with Crippen molar-refractivity contribution in [1.82, 2.24) is 0 Å². The van der Waals surface area contributed by atoms with Crippen LogP contribution in [0.5, 0.6) is 0 Å². The van der Waals surface area contributed by atoms with Crippen LogP contribution >= 0.6 is 11.1 Å². The number of esters is 2. The van der Waals surface area contributed by atoms with Crippen LogP contribution in [0.3, 0.4) is 0 Å². The Labute approximate surface area is 631 Å². The summed E-state index contributed by atoms with van der Waals surface area (Å²) in [5.41, 5.74) is -1.09. The molecule has 592 valence electrons. The third-order valence-corrected chi connectivity index (χ3v) is 46.1. The summed E-state index contributed by atoms with van der Waals surface area (Å²) in [5.74, 6) is 2.83. The van der Waals surface area contributed by atoms with E-state index in [0.29, 0.717) is 58.2 Å². The third kappa shape index (κ3) is 12.9. The number of hydrogen-bond acceptors (Lipinski definition) is 14. The largest absolute Gasteiger partial charge is 0.457 e. The molecule has 14 fully saturated rings. The van der Waals surface area contributed by atoms with Gasteiger partial charge in [-0.05, 0) is 296 Å². The highest BCUT2D eigenvalue weighted by Gasteiger charge is 2.87. The van der Waals surface area contributed by atoms with Gasteiger partial charge in [-0.15, -0.1) is 0 Å². The Morgan fingerprint density at radius 1 is 0.515 bits per heavy atom. The van der Waals surface area contributed by atoms with E-state index >= 15 is 0 Å².